The van der Waals surface area contributed by atoms with Crippen molar-refractivity contribution in [3.05, 3.63) is 34.3 Å². The van der Waals surface area contributed by atoms with Crippen LogP contribution in [0.2, 0.25) is 0 Å². The monoisotopic (exact) mass is 366 g/mol. The van der Waals surface area contributed by atoms with Crippen LogP contribution in [0.25, 0.3) is 0 Å². The predicted molar refractivity (Wildman–Crippen MR) is 85.0 cm³/mol. The Hall–Kier alpha value is -1.24. The summed E-state index contributed by atoms with van der Waals surface area (Å²) in [5.74, 6) is -0.444. The van der Waals surface area contributed by atoms with E-state index < -0.39 is 0 Å². The van der Waals surface area contributed by atoms with Crippen LogP contribution in [-0.4, -0.2) is 55.0 Å². The van der Waals surface area contributed by atoms with E-state index in [-0.39, 0.29) is 23.7 Å². The fraction of sp³-hybridized carbons (Fsp3) is 0.500. The number of benzene rings is 1. The number of methoxy groups -OCH3 is 1. The van der Waals surface area contributed by atoms with E-state index in [0.717, 1.165) is 11.0 Å². The first-order valence-corrected chi connectivity index (χ1v) is 8.20. The van der Waals surface area contributed by atoms with Crippen molar-refractivity contribution in [3.8, 4) is 0 Å². The second-order valence-electron chi connectivity index (χ2n) is 5.86. The first kappa shape index (κ1) is 15.6. The third kappa shape index (κ3) is 2.95. The quantitative estimate of drug-likeness (QED) is 0.741. The van der Waals surface area contributed by atoms with Crippen LogP contribution in [0.15, 0.2) is 28.7 Å². The molecule has 1 aromatic carbocycles. The summed E-state index contributed by atoms with van der Waals surface area (Å²) in [6.45, 7) is 2.85. The Bertz CT molecular complexity index is 569. The Balaban J connectivity index is 1.64. The first-order chi connectivity index (χ1) is 10.6. The number of rotatable bonds is 5. The van der Waals surface area contributed by atoms with E-state index in [4.69, 9.17) is 4.74 Å². The van der Waals surface area contributed by atoms with Crippen LogP contribution in [0, 0.1) is 11.8 Å². The fourth-order valence-corrected chi connectivity index (χ4v) is 3.77. The van der Waals surface area contributed by atoms with Gasteiger partial charge in [-0.3, -0.25) is 19.4 Å². The van der Waals surface area contributed by atoms with Crippen LogP contribution < -0.4 is 0 Å². The zero-order valence-corrected chi connectivity index (χ0v) is 14.1. The van der Waals surface area contributed by atoms with E-state index in [2.05, 4.69) is 33.0 Å². The molecule has 2 atom stereocenters. The second-order valence-corrected chi connectivity index (χ2v) is 6.77. The minimum atomic E-state index is -0.184. The van der Waals surface area contributed by atoms with Crippen molar-refractivity contribution in [2.45, 2.75) is 6.54 Å². The van der Waals surface area contributed by atoms with Crippen molar-refractivity contribution in [1.29, 1.82) is 0 Å². The summed E-state index contributed by atoms with van der Waals surface area (Å²) in [6.07, 6.45) is 0. The first-order valence-electron chi connectivity index (χ1n) is 7.41. The van der Waals surface area contributed by atoms with Gasteiger partial charge in [-0.1, -0.05) is 28.1 Å². The van der Waals surface area contributed by atoms with Gasteiger partial charge in [0.25, 0.3) is 0 Å². The molecule has 6 heteroatoms. The van der Waals surface area contributed by atoms with Crippen molar-refractivity contribution in [3.63, 3.8) is 0 Å². The van der Waals surface area contributed by atoms with Gasteiger partial charge in [0, 0.05) is 31.2 Å². The topological polar surface area (TPSA) is 49.9 Å². The van der Waals surface area contributed by atoms with Gasteiger partial charge in [-0.25, -0.2) is 0 Å². The van der Waals surface area contributed by atoms with Gasteiger partial charge in [-0.05, 0) is 17.7 Å². The lowest BCUT2D eigenvalue weighted by Crippen LogP contribution is -2.37. The molecule has 118 valence electrons. The van der Waals surface area contributed by atoms with Crippen LogP contribution in [-0.2, 0) is 20.9 Å². The lowest BCUT2D eigenvalue weighted by molar-refractivity contribution is -0.141. The normalized spacial score (nSPS) is 25.1. The van der Waals surface area contributed by atoms with Crippen LogP contribution in [0.1, 0.15) is 5.56 Å². The van der Waals surface area contributed by atoms with Gasteiger partial charge in [-0.2, -0.15) is 0 Å². The minimum Gasteiger partial charge on any atom is -0.383 e. The summed E-state index contributed by atoms with van der Waals surface area (Å²) in [5.41, 5.74) is 1.19. The number of carbonyl (C=O) groups is 2. The number of hydrogen-bond donors (Lipinski definition) is 0. The Morgan fingerprint density at radius 1 is 1.23 bits per heavy atom. The van der Waals surface area contributed by atoms with Crippen molar-refractivity contribution < 1.29 is 14.3 Å². The molecule has 2 aliphatic rings. The summed E-state index contributed by atoms with van der Waals surface area (Å²) in [7, 11) is 1.57. The highest BCUT2D eigenvalue weighted by atomic mass is 79.9. The van der Waals surface area contributed by atoms with Gasteiger partial charge in [0.2, 0.25) is 11.8 Å². The van der Waals surface area contributed by atoms with E-state index in [0.29, 0.717) is 26.2 Å². The maximum Gasteiger partial charge on any atom is 0.234 e. The maximum absolute atomic E-state index is 12.4. The van der Waals surface area contributed by atoms with Gasteiger partial charge in [0.1, 0.15) is 0 Å². The highest BCUT2D eigenvalue weighted by Crippen LogP contribution is 2.34. The van der Waals surface area contributed by atoms with Crippen LogP contribution in [0.4, 0.5) is 0 Å². The zero-order valence-electron chi connectivity index (χ0n) is 12.5. The molecule has 0 aliphatic carbocycles. The number of carbonyl (C=O) groups excluding carboxylic acids is 2. The molecule has 22 heavy (non-hydrogen) atoms. The molecule has 2 aliphatic heterocycles. The van der Waals surface area contributed by atoms with Gasteiger partial charge in [0.05, 0.1) is 25.0 Å². The molecule has 0 saturated carbocycles. The van der Waals surface area contributed by atoms with E-state index in [9.17, 15) is 9.59 Å². The summed E-state index contributed by atoms with van der Waals surface area (Å²) in [5, 5.41) is 0. The summed E-state index contributed by atoms with van der Waals surface area (Å²) in [6, 6.07) is 8.12. The second kappa shape index (κ2) is 6.48. The lowest BCUT2D eigenvalue weighted by atomic mass is 10.00. The number of amides is 2. The molecule has 2 unspecified atom stereocenters. The molecular formula is C16H19BrN2O3. The third-order valence-corrected chi connectivity index (χ3v) is 4.87. The minimum absolute atomic E-state index is 0.0382. The number of ether oxygens (including phenoxy) is 1. The zero-order chi connectivity index (χ0) is 15.7. The summed E-state index contributed by atoms with van der Waals surface area (Å²) < 4.78 is 6.02. The van der Waals surface area contributed by atoms with Crippen LogP contribution >= 0.6 is 15.9 Å². The van der Waals surface area contributed by atoms with Crippen molar-refractivity contribution >= 4 is 27.7 Å². The van der Waals surface area contributed by atoms with Crippen LogP contribution in [0.5, 0.6) is 0 Å². The van der Waals surface area contributed by atoms with Gasteiger partial charge < -0.3 is 4.74 Å². The Kier molecular flexibility index (Phi) is 4.61. The van der Waals surface area contributed by atoms with Gasteiger partial charge >= 0.3 is 0 Å². The Labute approximate surface area is 138 Å². The largest absolute Gasteiger partial charge is 0.383 e. The molecule has 0 aromatic heterocycles. The lowest BCUT2D eigenvalue weighted by Gasteiger charge is -2.20. The maximum atomic E-state index is 12.4. The van der Waals surface area contributed by atoms with E-state index in [1.807, 2.05) is 12.1 Å². The van der Waals surface area contributed by atoms with Crippen molar-refractivity contribution in [2.75, 3.05) is 33.4 Å². The van der Waals surface area contributed by atoms with Crippen molar-refractivity contribution in [2.24, 2.45) is 11.8 Å². The molecule has 2 fully saturated rings. The number of hydrogen-bond acceptors (Lipinski definition) is 4. The molecule has 0 spiro atoms. The average molecular weight is 367 g/mol. The number of fused-ring (bicyclic) bond motifs is 1. The van der Waals surface area contributed by atoms with Crippen molar-refractivity contribution in [1.82, 2.24) is 9.80 Å². The van der Waals surface area contributed by atoms with E-state index in [1.54, 1.807) is 7.11 Å². The molecule has 2 saturated heterocycles. The summed E-state index contributed by atoms with van der Waals surface area (Å²) in [4.78, 5) is 28.3. The standard InChI is InChI=1S/C16H19BrN2O3/c1-22-6-5-19-15(20)13-9-18(10-14(13)16(19)21)8-11-3-2-4-12(17)7-11/h2-4,7,13-14H,5-6,8-10H2,1H3. The molecule has 2 heterocycles. The predicted octanol–water partition coefficient (Wildman–Crippen LogP) is 1.51. The molecule has 0 N–H and O–H groups in total. The molecule has 1 aromatic rings. The van der Waals surface area contributed by atoms with E-state index in [1.165, 1.54) is 10.5 Å². The average Bonchev–Trinajstić information content (AvgIpc) is 2.98. The fourth-order valence-electron chi connectivity index (χ4n) is 3.32. The SMILES string of the molecule is COCCN1C(=O)C2CN(Cc3cccc(Br)c3)CC2C1=O. The smallest absolute Gasteiger partial charge is 0.234 e. The summed E-state index contributed by atoms with van der Waals surface area (Å²) >= 11 is 3.47. The van der Waals surface area contributed by atoms with Gasteiger partial charge in [-0.15, -0.1) is 0 Å². The Morgan fingerprint density at radius 3 is 2.50 bits per heavy atom. The molecule has 5 nitrogen and oxygen atoms in total. The van der Waals surface area contributed by atoms with Crippen LogP contribution in [0.3, 0.4) is 0 Å². The molecule has 0 bridgehead atoms. The molecule has 2 amide bonds. The number of likely N-dealkylation sites (tertiary alicyclic amines) is 2. The number of halogens is 1. The highest BCUT2D eigenvalue weighted by molar-refractivity contribution is 9.10. The van der Waals surface area contributed by atoms with E-state index >= 15 is 0 Å². The molecule has 3 rings (SSSR count). The van der Waals surface area contributed by atoms with Gasteiger partial charge in [0.15, 0.2) is 0 Å². The molecular weight excluding hydrogens is 348 g/mol. The number of nitrogens with zero attached hydrogens (tertiary/aromatic N) is 2. The third-order valence-electron chi connectivity index (χ3n) is 4.38. The number of imide groups is 1. The Morgan fingerprint density at radius 2 is 1.91 bits per heavy atom. The molecule has 0 radical (unpaired) electrons. The highest BCUT2D eigenvalue weighted by Gasteiger charge is 2.51.